The zero-order chi connectivity index (χ0) is 14.2. The van der Waals surface area contributed by atoms with Crippen LogP contribution in [0.15, 0.2) is 12.7 Å². The van der Waals surface area contributed by atoms with E-state index < -0.39 is 0 Å². The third kappa shape index (κ3) is 2.32. The molecule has 110 valence electrons. The van der Waals surface area contributed by atoms with Crippen LogP contribution in [0.2, 0.25) is 0 Å². The SMILES string of the molecule is O=C(C1CC1)N1CCCN(c2ncnc3nc[nH]c23)CC1. The molecule has 2 aliphatic rings. The molecule has 21 heavy (non-hydrogen) atoms. The molecule has 7 nitrogen and oxygen atoms in total. The second-order valence-corrected chi connectivity index (χ2v) is 5.74. The van der Waals surface area contributed by atoms with Crippen molar-refractivity contribution in [1.82, 2.24) is 24.8 Å². The number of nitrogens with zero attached hydrogens (tertiary/aromatic N) is 5. The van der Waals surface area contributed by atoms with Crippen LogP contribution in [-0.4, -0.2) is 56.9 Å². The standard InChI is InChI=1S/C14H18N6O/c21-14(10-2-3-10)20-5-1-4-19(6-7-20)13-11-12(16-8-15-11)17-9-18-13/h8-10H,1-7H2,(H,15,16,17,18). The summed E-state index contributed by atoms with van der Waals surface area (Å²) < 4.78 is 0. The van der Waals surface area contributed by atoms with Crippen molar-refractivity contribution in [3.8, 4) is 0 Å². The number of imidazole rings is 1. The Kier molecular flexibility index (Phi) is 2.98. The monoisotopic (exact) mass is 286 g/mol. The van der Waals surface area contributed by atoms with Gasteiger partial charge in [-0.3, -0.25) is 4.79 Å². The summed E-state index contributed by atoms with van der Waals surface area (Å²) in [4.78, 5) is 32.3. The van der Waals surface area contributed by atoms with Crippen LogP contribution in [0.1, 0.15) is 19.3 Å². The normalized spacial score (nSPS) is 19.8. The van der Waals surface area contributed by atoms with Crippen molar-refractivity contribution >= 4 is 22.9 Å². The number of amides is 1. The molecule has 1 N–H and O–H groups in total. The molecule has 0 aromatic carbocycles. The van der Waals surface area contributed by atoms with E-state index in [0.29, 0.717) is 17.5 Å². The number of hydrogen-bond donors (Lipinski definition) is 1. The summed E-state index contributed by atoms with van der Waals surface area (Å²) >= 11 is 0. The van der Waals surface area contributed by atoms with Gasteiger partial charge in [0.1, 0.15) is 11.8 Å². The van der Waals surface area contributed by atoms with Crippen LogP contribution in [0, 0.1) is 5.92 Å². The molecule has 4 rings (SSSR count). The van der Waals surface area contributed by atoms with Crippen molar-refractivity contribution in [3.05, 3.63) is 12.7 Å². The third-order valence-electron chi connectivity index (χ3n) is 4.24. The van der Waals surface area contributed by atoms with Gasteiger partial charge in [0, 0.05) is 32.1 Å². The minimum Gasteiger partial charge on any atom is -0.353 e. The topological polar surface area (TPSA) is 78.0 Å². The molecule has 1 amide bonds. The van der Waals surface area contributed by atoms with Crippen molar-refractivity contribution in [3.63, 3.8) is 0 Å². The van der Waals surface area contributed by atoms with Gasteiger partial charge in [-0.15, -0.1) is 0 Å². The van der Waals surface area contributed by atoms with Gasteiger partial charge in [-0.1, -0.05) is 0 Å². The smallest absolute Gasteiger partial charge is 0.225 e. The lowest BCUT2D eigenvalue weighted by molar-refractivity contribution is -0.132. The number of carbonyl (C=O) groups is 1. The van der Waals surface area contributed by atoms with Crippen LogP contribution in [0.4, 0.5) is 5.82 Å². The maximum atomic E-state index is 12.2. The molecule has 0 spiro atoms. The van der Waals surface area contributed by atoms with E-state index in [1.807, 2.05) is 4.90 Å². The molecule has 0 unspecified atom stereocenters. The van der Waals surface area contributed by atoms with Gasteiger partial charge in [0.2, 0.25) is 5.91 Å². The van der Waals surface area contributed by atoms with Crippen LogP contribution in [0.5, 0.6) is 0 Å². The van der Waals surface area contributed by atoms with Crippen LogP contribution >= 0.6 is 0 Å². The lowest BCUT2D eigenvalue weighted by atomic mass is 10.3. The maximum Gasteiger partial charge on any atom is 0.225 e. The number of aromatic nitrogens is 4. The van der Waals surface area contributed by atoms with Gasteiger partial charge >= 0.3 is 0 Å². The molecule has 2 aromatic heterocycles. The van der Waals surface area contributed by atoms with Gasteiger partial charge in [-0.25, -0.2) is 15.0 Å². The second-order valence-electron chi connectivity index (χ2n) is 5.74. The number of rotatable bonds is 2. The predicted octanol–water partition coefficient (Wildman–Crippen LogP) is 0.802. The van der Waals surface area contributed by atoms with Crippen LogP contribution < -0.4 is 4.90 Å². The number of anilines is 1. The van der Waals surface area contributed by atoms with Crippen LogP contribution in [-0.2, 0) is 4.79 Å². The molecule has 1 aliphatic heterocycles. The number of H-pyrrole nitrogens is 1. The first-order valence-corrected chi connectivity index (χ1v) is 7.51. The first kappa shape index (κ1) is 12.6. The highest BCUT2D eigenvalue weighted by molar-refractivity contribution is 5.83. The highest BCUT2D eigenvalue weighted by Crippen LogP contribution is 2.31. The zero-order valence-corrected chi connectivity index (χ0v) is 11.8. The summed E-state index contributed by atoms with van der Waals surface area (Å²) in [6.07, 6.45) is 6.30. The Bertz CT molecular complexity index is 664. The Labute approximate surface area is 122 Å². The van der Waals surface area contributed by atoms with Gasteiger partial charge < -0.3 is 14.8 Å². The molecular weight excluding hydrogens is 268 g/mol. The number of aromatic amines is 1. The van der Waals surface area contributed by atoms with Gasteiger partial charge in [-0.2, -0.15) is 0 Å². The average Bonchev–Trinajstić information content (AvgIpc) is 3.28. The summed E-state index contributed by atoms with van der Waals surface area (Å²) in [6, 6.07) is 0. The van der Waals surface area contributed by atoms with Gasteiger partial charge in [0.05, 0.1) is 6.33 Å². The molecule has 0 atom stereocenters. The fourth-order valence-corrected chi connectivity index (χ4v) is 2.93. The van der Waals surface area contributed by atoms with E-state index in [9.17, 15) is 4.79 Å². The predicted molar refractivity (Wildman–Crippen MR) is 77.8 cm³/mol. The van der Waals surface area contributed by atoms with Crippen molar-refractivity contribution < 1.29 is 4.79 Å². The largest absolute Gasteiger partial charge is 0.353 e. The Morgan fingerprint density at radius 1 is 1.14 bits per heavy atom. The second kappa shape index (κ2) is 4.98. The van der Waals surface area contributed by atoms with E-state index in [0.717, 1.165) is 56.8 Å². The van der Waals surface area contributed by atoms with Crippen molar-refractivity contribution in [2.45, 2.75) is 19.3 Å². The molecule has 1 saturated heterocycles. The molecule has 1 saturated carbocycles. The van der Waals surface area contributed by atoms with Gasteiger partial charge in [0.15, 0.2) is 11.5 Å². The highest BCUT2D eigenvalue weighted by Gasteiger charge is 2.34. The minimum absolute atomic E-state index is 0.301. The molecule has 7 heteroatoms. The van der Waals surface area contributed by atoms with Crippen LogP contribution in [0.25, 0.3) is 11.2 Å². The number of carbonyl (C=O) groups excluding carboxylic acids is 1. The molecule has 2 aromatic rings. The Morgan fingerprint density at radius 3 is 2.90 bits per heavy atom. The van der Waals surface area contributed by atoms with Crippen molar-refractivity contribution in [2.24, 2.45) is 5.92 Å². The van der Waals surface area contributed by atoms with E-state index in [2.05, 4.69) is 24.8 Å². The zero-order valence-electron chi connectivity index (χ0n) is 11.8. The van der Waals surface area contributed by atoms with Gasteiger partial charge in [0.25, 0.3) is 0 Å². The number of nitrogens with one attached hydrogen (secondary N) is 1. The summed E-state index contributed by atoms with van der Waals surface area (Å²) in [5, 5.41) is 0. The quantitative estimate of drug-likeness (QED) is 0.883. The first-order valence-electron chi connectivity index (χ1n) is 7.51. The Morgan fingerprint density at radius 2 is 2.05 bits per heavy atom. The lowest BCUT2D eigenvalue weighted by Gasteiger charge is -2.23. The minimum atomic E-state index is 0.301. The fraction of sp³-hybridized carbons (Fsp3) is 0.571. The Balaban J connectivity index is 1.54. The maximum absolute atomic E-state index is 12.2. The van der Waals surface area contributed by atoms with E-state index >= 15 is 0 Å². The van der Waals surface area contributed by atoms with E-state index in [1.165, 1.54) is 0 Å². The lowest BCUT2D eigenvalue weighted by Crippen LogP contribution is -2.36. The van der Waals surface area contributed by atoms with E-state index in [1.54, 1.807) is 12.7 Å². The average molecular weight is 286 g/mol. The summed E-state index contributed by atoms with van der Waals surface area (Å²) in [6.45, 7) is 3.33. The summed E-state index contributed by atoms with van der Waals surface area (Å²) in [7, 11) is 0. The summed E-state index contributed by atoms with van der Waals surface area (Å²) in [5.74, 6) is 1.53. The molecule has 0 bridgehead atoms. The molecular formula is C14H18N6O. The van der Waals surface area contributed by atoms with Crippen LogP contribution in [0.3, 0.4) is 0 Å². The van der Waals surface area contributed by atoms with Gasteiger partial charge in [-0.05, 0) is 19.3 Å². The summed E-state index contributed by atoms with van der Waals surface area (Å²) in [5.41, 5.74) is 1.56. The fourth-order valence-electron chi connectivity index (χ4n) is 2.93. The van der Waals surface area contributed by atoms with E-state index in [4.69, 9.17) is 0 Å². The Hall–Kier alpha value is -2.18. The number of hydrogen-bond acceptors (Lipinski definition) is 5. The molecule has 2 fully saturated rings. The third-order valence-corrected chi connectivity index (χ3v) is 4.24. The van der Waals surface area contributed by atoms with Crippen molar-refractivity contribution in [2.75, 3.05) is 31.1 Å². The van der Waals surface area contributed by atoms with Crippen molar-refractivity contribution in [1.29, 1.82) is 0 Å². The first-order chi connectivity index (χ1) is 10.3. The van der Waals surface area contributed by atoms with E-state index in [-0.39, 0.29) is 0 Å². The highest BCUT2D eigenvalue weighted by atomic mass is 16.2. The molecule has 1 aliphatic carbocycles. The molecule has 3 heterocycles. The number of fused-ring (bicyclic) bond motifs is 1. The molecule has 0 radical (unpaired) electrons.